The van der Waals surface area contributed by atoms with Crippen LogP contribution in [0.1, 0.15) is 19.3 Å². The van der Waals surface area contributed by atoms with E-state index >= 15 is 0 Å². The molecule has 1 saturated heterocycles. The van der Waals surface area contributed by atoms with Crippen molar-refractivity contribution in [3.05, 3.63) is 0 Å². The molecule has 0 radical (unpaired) electrons. The number of hydrogen-bond acceptors (Lipinski definition) is 3. The third-order valence-electron chi connectivity index (χ3n) is 2.02. The van der Waals surface area contributed by atoms with Crippen LogP contribution in [0, 0.1) is 0 Å². The summed E-state index contributed by atoms with van der Waals surface area (Å²) in [6.45, 7) is 0.997. The predicted octanol–water partition coefficient (Wildman–Crippen LogP) is -0.460. The highest BCUT2D eigenvalue weighted by Crippen LogP contribution is 2.09. The molecule has 11 heavy (non-hydrogen) atoms. The van der Waals surface area contributed by atoms with Crippen LogP contribution in [0.3, 0.4) is 0 Å². The van der Waals surface area contributed by atoms with E-state index in [4.69, 9.17) is 10.8 Å². The number of aliphatic carboxylic acids is 1. The molecule has 4 nitrogen and oxygen atoms in total. The molecule has 2 atom stereocenters. The third-order valence-corrected chi connectivity index (χ3v) is 2.02. The highest BCUT2D eigenvalue weighted by molar-refractivity contribution is 5.73. The second-order valence-electron chi connectivity index (χ2n) is 2.97. The quantitative estimate of drug-likeness (QED) is 0.519. The lowest BCUT2D eigenvalue weighted by molar-refractivity contribution is -0.138. The summed E-state index contributed by atoms with van der Waals surface area (Å²) in [6.07, 6.45) is 2.74. The van der Waals surface area contributed by atoms with Crippen molar-refractivity contribution in [2.24, 2.45) is 5.73 Å². The molecule has 0 saturated carbocycles. The Labute approximate surface area is 65.8 Å². The van der Waals surface area contributed by atoms with Crippen molar-refractivity contribution in [3.63, 3.8) is 0 Å². The molecule has 0 bridgehead atoms. The summed E-state index contributed by atoms with van der Waals surface area (Å²) in [6, 6.07) is -0.383. The highest BCUT2D eigenvalue weighted by Gasteiger charge is 2.20. The van der Waals surface area contributed by atoms with Crippen molar-refractivity contribution in [1.29, 1.82) is 0 Å². The summed E-state index contributed by atoms with van der Waals surface area (Å²) < 4.78 is 0. The molecule has 2 unspecified atom stereocenters. The molecule has 1 rings (SSSR count). The number of hydrogen-bond donors (Lipinski definition) is 3. The lowest BCUT2D eigenvalue weighted by Crippen LogP contribution is -2.37. The van der Waals surface area contributed by atoms with Gasteiger partial charge in [0.2, 0.25) is 0 Å². The van der Waals surface area contributed by atoms with E-state index in [-0.39, 0.29) is 0 Å². The zero-order valence-corrected chi connectivity index (χ0v) is 6.42. The van der Waals surface area contributed by atoms with Crippen LogP contribution in [0.15, 0.2) is 0 Å². The number of carboxylic acids is 1. The second-order valence-corrected chi connectivity index (χ2v) is 2.97. The summed E-state index contributed by atoms with van der Waals surface area (Å²) in [4.78, 5) is 10.3. The van der Waals surface area contributed by atoms with E-state index in [1.807, 2.05) is 0 Å². The van der Waals surface area contributed by atoms with Crippen molar-refractivity contribution >= 4 is 5.97 Å². The monoisotopic (exact) mass is 158 g/mol. The van der Waals surface area contributed by atoms with Gasteiger partial charge in [0, 0.05) is 6.04 Å². The first kappa shape index (κ1) is 8.49. The van der Waals surface area contributed by atoms with Gasteiger partial charge in [0.1, 0.15) is 6.04 Å². The zero-order chi connectivity index (χ0) is 8.27. The van der Waals surface area contributed by atoms with E-state index in [9.17, 15) is 4.79 Å². The number of nitrogens with two attached hydrogens (primary N) is 1. The van der Waals surface area contributed by atoms with Gasteiger partial charge in [-0.2, -0.15) is 0 Å². The summed E-state index contributed by atoms with van der Waals surface area (Å²) in [7, 11) is 0. The number of carboxylic acid groups (broad SMARTS) is 1. The molecule has 0 aromatic heterocycles. The second kappa shape index (κ2) is 3.69. The molecule has 4 heteroatoms. The minimum absolute atomic E-state index is 0.320. The van der Waals surface area contributed by atoms with Gasteiger partial charge < -0.3 is 16.2 Å². The van der Waals surface area contributed by atoms with Gasteiger partial charge in [-0.25, -0.2) is 0 Å². The smallest absolute Gasteiger partial charge is 0.320 e. The van der Waals surface area contributed by atoms with E-state index in [2.05, 4.69) is 5.32 Å². The van der Waals surface area contributed by atoms with Crippen molar-refractivity contribution in [1.82, 2.24) is 5.32 Å². The Hall–Kier alpha value is -0.610. The van der Waals surface area contributed by atoms with Crippen LogP contribution in [0.4, 0.5) is 0 Å². The first-order valence-electron chi connectivity index (χ1n) is 3.92. The van der Waals surface area contributed by atoms with Gasteiger partial charge in [0.25, 0.3) is 0 Å². The van der Waals surface area contributed by atoms with Crippen molar-refractivity contribution in [3.8, 4) is 0 Å². The minimum atomic E-state index is -0.904. The van der Waals surface area contributed by atoms with E-state index < -0.39 is 12.0 Å². The number of rotatable bonds is 3. The highest BCUT2D eigenvalue weighted by atomic mass is 16.4. The first-order chi connectivity index (χ1) is 5.20. The van der Waals surface area contributed by atoms with E-state index in [1.54, 1.807) is 0 Å². The van der Waals surface area contributed by atoms with Crippen LogP contribution in [0.2, 0.25) is 0 Å². The van der Waals surface area contributed by atoms with Gasteiger partial charge in [0.05, 0.1) is 0 Å². The lowest BCUT2D eigenvalue weighted by atomic mass is 10.1. The molecule has 0 amide bonds. The fraction of sp³-hybridized carbons (Fsp3) is 0.857. The van der Waals surface area contributed by atoms with E-state index in [1.165, 1.54) is 0 Å². The molecule has 1 fully saturated rings. The molecule has 0 spiro atoms. The molecule has 1 aliphatic rings. The SMILES string of the molecule is NC(CC1CCCN1)C(=O)O. The predicted molar refractivity (Wildman–Crippen MR) is 41.3 cm³/mol. The molecule has 0 aromatic carbocycles. The molecule has 1 heterocycles. The Morgan fingerprint density at radius 1 is 1.82 bits per heavy atom. The van der Waals surface area contributed by atoms with Crippen LogP contribution >= 0.6 is 0 Å². The van der Waals surface area contributed by atoms with Crippen LogP contribution < -0.4 is 11.1 Å². The minimum Gasteiger partial charge on any atom is -0.480 e. The van der Waals surface area contributed by atoms with Crippen molar-refractivity contribution in [2.45, 2.75) is 31.3 Å². The van der Waals surface area contributed by atoms with Gasteiger partial charge in [0.15, 0.2) is 0 Å². The number of nitrogens with one attached hydrogen (secondary N) is 1. The molecule has 0 aromatic rings. The summed E-state index contributed by atoms with van der Waals surface area (Å²) in [5, 5.41) is 11.7. The molecule has 0 aliphatic carbocycles. The standard InChI is InChI=1S/C7H14N2O2/c8-6(7(10)11)4-5-2-1-3-9-5/h5-6,9H,1-4,8H2,(H,10,11). The largest absolute Gasteiger partial charge is 0.480 e. The number of carbonyl (C=O) groups is 1. The molecular weight excluding hydrogens is 144 g/mol. The van der Waals surface area contributed by atoms with E-state index in [0.717, 1.165) is 19.4 Å². The molecule has 4 N–H and O–H groups in total. The first-order valence-corrected chi connectivity index (χ1v) is 3.92. The summed E-state index contributed by atoms with van der Waals surface area (Å²) >= 11 is 0. The molecular formula is C7H14N2O2. The normalized spacial score (nSPS) is 26.8. The average Bonchev–Trinajstić information content (AvgIpc) is 2.39. The summed E-state index contributed by atoms with van der Waals surface area (Å²) in [5.74, 6) is -0.904. The molecule has 64 valence electrons. The maximum Gasteiger partial charge on any atom is 0.320 e. The zero-order valence-electron chi connectivity index (χ0n) is 6.42. The Bertz CT molecular complexity index is 143. The van der Waals surface area contributed by atoms with Gasteiger partial charge in [-0.1, -0.05) is 0 Å². The van der Waals surface area contributed by atoms with Crippen molar-refractivity contribution < 1.29 is 9.90 Å². The van der Waals surface area contributed by atoms with Crippen LogP contribution in [0.25, 0.3) is 0 Å². The van der Waals surface area contributed by atoms with Crippen molar-refractivity contribution in [2.75, 3.05) is 6.54 Å². The fourth-order valence-corrected chi connectivity index (χ4v) is 1.37. The molecule has 1 aliphatic heterocycles. The van der Waals surface area contributed by atoms with Crippen LogP contribution in [-0.2, 0) is 4.79 Å². The van der Waals surface area contributed by atoms with Crippen LogP contribution in [-0.4, -0.2) is 29.7 Å². The average molecular weight is 158 g/mol. The Morgan fingerprint density at radius 2 is 2.55 bits per heavy atom. The van der Waals surface area contributed by atoms with Gasteiger partial charge in [-0.15, -0.1) is 0 Å². The van der Waals surface area contributed by atoms with Crippen LogP contribution in [0.5, 0.6) is 0 Å². The van der Waals surface area contributed by atoms with E-state index in [0.29, 0.717) is 12.5 Å². The summed E-state index contributed by atoms with van der Waals surface area (Å²) in [5.41, 5.74) is 5.36. The van der Waals surface area contributed by atoms with Gasteiger partial charge in [-0.3, -0.25) is 4.79 Å². The third kappa shape index (κ3) is 2.48. The maximum absolute atomic E-state index is 10.3. The Kier molecular flexibility index (Phi) is 2.84. The Morgan fingerprint density at radius 3 is 3.00 bits per heavy atom. The van der Waals surface area contributed by atoms with Gasteiger partial charge >= 0.3 is 5.97 Å². The van der Waals surface area contributed by atoms with Gasteiger partial charge in [-0.05, 0) is 25.8 Å². The lowest BCUT2D eigenvalue weighted by Gasteiger charge is -2.12. The topological polar surface area (TPSA) is 75.3 Å². The Balaban J connectivity index is 2.23. The fourth-order valence-electron chi connectivity index (χ4n) is 1.37. The maximum atomic E-state index is 10.3.